The molecule has 14 heteroatoms. The van der Waals surface area contributed by atoms with E-state index in [1.807, 2.05) is 0 Å². The highest BCUT2D eigenvalue weighted by molar-refractivity contribution is 7.89. The van der Waals surface area contributed by atoms with Crippen LogP contribution in [0.1, 0.15) is 10.4 Å². The lowest BCUT2D eigenvalue weighted by Crippen LogP contribution is -2.50. The molecule has 0 saturated carbocycles. The van der Waals surface area contributed by atoms with Crippen LogP contribution in [0.4, 0.5) is 32.0 Å². The van der Waals surface area contributed by atoms with E-state index in [4.69, 9.17) is 5.11 Å². The lowest BCUT2D eigenvalue weighted by molar-refractivity contribution is -0.177. The number of hydrogen-bond donors (Lipinski definition) is 3. The largest absolute Gasteiger partial charge is 0.480 e. The van der Waals surface area contributed by atoms with E-state index in [2.05, 4.69) is 5.32 Å². The Hall–Kier alpha value is -3.13. The quantitative estimate of drug-likeness (QED) is 0.579. The fourth-order valence-electron chi connectivity index (χ4n) is 2.10. The van der Waals surface area contributed by atoms with Crippen molar-refractivity contribution in [2.24, 2.45) is 0 Å². The lowest BCUT2D eigenvalue weighted by atomic mass is 10.2. The molecule has 0 bridgehead atoms. The van der Waals surface area contributed by atoms with Gasteiger partial charge in [-0.05, 0) is 30.3 Å². The summed E-state index contributed by atoms with van der Waals surface area (Å²) in [5, 5.41) is 10.6. The van der Waals surface area contributed by atoms with Gasteiger partial charge in [-0.25, -0.2) is 21.6 Å². The number of sulfonamides is 1. The van der Waals surface area contributed by atoms with E-state index in [0.29, 0.717) is 24.3 Å². The van der Waals surface area contributed by atoms with E-state index in [-0.39, 0.29) is 5.69 Å². The second-order valence-corrected chi connectivity index (χ2v) is 7.34. The average Bonchev–Trinajstić information content (AvgIpc) is 2.62. The van der Waals surface area contributed by atoms with Gasteiger partial charge in [-0.1, -0.05) is 0 Å². The van der Waals surface area contributed by atoms with Gasteiger partial charge in [0, 0.05) is 17.3 Å². The number of carboxylic acid groups (broad SMARTS) is 1. The smallest absolute Gasteiger partial charge is 0.415 e. The van der Waals surface area contributed by atoms with Crippen molar-refractivity contribution in [2.45, 2.75) is 17.1 Å². The van der Waals surface area contributed by atoms with Crippen LogP contribution in [0.15, 0.2) is 41.3 Å². The van der Waals surface area contributed by atoms with Gasteiger partial charge in [0.25, 0.3) is 5.91 Å². The number of benzene rings is 2. The number of alkyl halides is 3. The van der Waals surface area contributed by atoms with E-state index >= 15 is 0 Å². The summed E-state index contributed by atoms with van der Waals surface area (Å²) in [6.45, 7) is 0. The Balaban J connectivity index is 2.36. The van der Waals surface area contributed by atoms with Crippen LogP contribution in [0.3, 0.4) is 0 Å². The maximum absolute atomic E-state index is 13.9. The number of aliphatic carboxylic acids is 1. The van der Waals surface area contributed by atoms with E-state index in [1.165, 1.54) is 0 Å². The highest BCUT2D eigenvalue weighted by Gasteiger charge is 2.48. The number of carbonyl (C=O) groups is 2. The van der Waals surface area contributed by atoms with Gasteiger partial charge >= 0.3 is 12.1 Å². The molecular weight excluding hydrogens is 446 g/mol. The average molecular weight is 456 g/mol. The first-order chi connectivity index (χ1) is 13.7. The third kappa shape index (κ3) is 5.27. The topological polar surface area (TPSA) is 113 Å². The zero-order valence-corrected chi connectivity index (χ0v) is 15.1. The Bertz CT molecular complexity index is 1100. The number of anilines is 1. The summed E-state index contributed by atoms with van der Waals surface area (Å²) in [5.74, 6) is -7.82. The minimum atomic E-state index is -5.53. The van der Waals surface area contributed by atoms with Crippen LogP contribution in [0.5, 0.6) is 0 Å². The predicted molar refractivity (Wildman–Crippen MR) is 88.5 cm³/mol. The molecule has 0 fully saturated rings. The van der Waals surface area contributed by atoms with Crippen LogP contribution < -0.4 is 10.0 Å². The summed E-state index contributed by atoms with van der Waals surface area (Å²) in [6.07, 6.45) is -5.53. The van der Waals surface area contributed by atoms with Gasteiger partial charge in [-0.3, -0.25) is 9.59 Å². The molecule has 1 atom stereocenters. The normalized spacial score (nSPS) is 13.0. The third-order valence-corrected chi connectivity index (χ3v) is 4.95. The SMILES string of the molecule is O=C(Nc1ccc(F)c(F)c1)c1ccc(F)c(S(=O)(=O)N[C@@H](C(=O)O)C(F)(F)F)c1. The molecule has 3 N–H and O–H groups in total. The number of nitrogens with one attached hydrogen (secondary N) is 2. The van der Waals surface area contributed by atoms with Crippen molar-refractivity contribution in [3.8, 4) is 0 Å². The maximum Gasteiger partial charge on any atom is 0.415 e. The molecule has 2 aromatic rings. The van der Waals surface area contributed by atoms with Crippen LogP contribution in [-0.2, 0) is 14.8 Å². The molecule has 1 amide bonds. The summed E-state index contributed by atoms with van der Waals surface area (Å²) in [6, 6.07) is 0.221. The molecule has 0 heterocycles. The van der Waals surface area contributed by atoms with Gasteiger partial charge in [0.15, 0.2) is 11.6 Å². The van der Waals surface area contributed by atoms with Crippen LogP contribution in [0.2, 0.25) is 0 Å². The lowest BCUT2D eigenvalue weighted by Gasteiger charge is -2.18. The van der Waals surface area contributed by atoms with Crippen LogP contribution >= 0.6 is 0 Å². The van der Waals surface area contributed by atoms with Crippen LogP contribution in [0.25, 0.3) is 0 Å². The highest BCUT2D eigenvalue weighted by Crippen LogP contribution is 2.24. The van der Waals surface area contributed by atoms with Crippen molar-refractivity contribution >= 4 is 27.6 Å². The van der Waals surface area contributed by atoms with Crippen LogP contribution in [-0.4, -0.2) is 37.6 Å². The van der Waals surface area contributed by atoms with Gasteiger partial charge in [0.1, 0.15) is 10.7 Å². The van der Waals surface area contributed by atoms with Crippen molar-refractivity contribution in [1.29, 1.82) is 0 Å². The third-order valence-electron chi connectivity index (χ3n) is 3.51. The molecular formula is C16H10F6N2O5S. The van der Waals surface area contributed by atoms with E-state index in [1.54, 1.807) is 0 Å². The predicted octanol–water partition coefficient (Wildman–Crippen LogP) is 2.65. The monoisotopic (exact) mass is 456 g/mol. The number of rotatable bonds is 6. The summed E-state index contributed by atoms with van der Waals surface area (Å²) in [5.41, 5.74) is -0.839. The summed E-state index contributed by atoms with van der Waals surface area (Å²) in [4.78, 5) is 21.4. The molecule has 30 heavy (non-hydrogen) atoms. The highest BCUT2D eigenvalue weighted by atomic mass is 32.2. The maximum atomic E-state index is 13.9. The number of halogens is 6. The fourth-order valence-corrected chi connectivity index (χ4v) is 3.38. The second kappa shape index (κ2) is 8.31. The standard InChI is InChI=1S/C16H10F6N2O5S/c17-9-4-2-8(6-11(9)19)23-14(25)7-1-3-10(18)12(5-7)30(28,29)24-13(15(26)27)16(20,21)22/h1-6,13,24H,(H,23,25)(H,26,27)/t13-/m0/s1. The van der Waals surface area contributed by atoms with Crippen molar-refractivity contribution in [3.63, 3.8) is 0 Å². The molecule has 2 rings (SSSR count). The van der Waals surface area contributed by atoms with Crippen molar-refractivity contribution < 1.29 is 49.5 Å². The van der Waals surface area contributed by atoms with Gasteiger partial charge in [-0.2, -0.15) is 17.9 Å². The summed E-state index contributed by atoms with van der Waals surface area (Å²) < 4.78 is 103. The number of carbonyl (C=O) groups excluding carboxylic acids is 1. The molecule has 0 aliphatic rings. The first kappa shape index (κ1) is 23.2. The summed E-state index contributed by atoms with van der Waals surface area (Å²) >= 11 is 0. The van der Waals surface area contributed by atoms with Gasteiger partial charge in [0.05, 0.1) is 0 Å². The minimum Gasteiger partial charge on any atom is -0.480 e. The molecule has 0 aliphatic heterocycles. The van der Waals surface area contributed by atoms with E-state index in [0.717, 1.165) is 16.9 Å². The van der Waals surface area contributed by atoms with Gasteiger partial charge in [-0.15, -0.1) is 0 Å². The van der Waals surface area contributed by atoms with Gasteiger partial charge < -0.3 is 10.4 Å². The molecule has 0 aliphatic carbocycles. The fraction of sp³-hybridized carbons (Fsp3) is 0.125. The number of hydrogen-bond acceptors (Lipinski definition) is 4. The summed E-state index contributed by atoms with van der Waals surface area (Å²) in [7, 11) is -5.37. The second-order valence-electron chi connectivity index (χ2n) is 5.66. The van der Waals surface area contributed by atoms with E-state index in [9.17, 15) is 44.3 Å². The molecule has 0 saturated heterocycles. The van der Waals surface area contributed by atoms with Crippen molar-refractivity contribution in [1.82, 2.24) is 4.72 Å². The molecule has 0 aromatic heterocycles. The first-order valence-electron chi connectivity index (χ1n) is 7.60. The minimum absolute atomic E-state index is 0.256. The number of amides is 1. The molecule has 0 spiro atoms. The Morgan fingerprint density at radius 2 is 1.53 bits per heavy atom. The Morgan fingerprint density at radius 3 is 2.07 bits per heavy atom. The van der Waals surface area contributed by atoms with Crippen LogP contribution in [0, 0.1) is 17.5 Å². The molecule has 2 aromatic carbocycles. The van der Waals surface area contributed by atoms with Crippen molar-refractivity contribution in [2.75, 3.05) is 5.32 Å². The molecule has 0 radical (unpaired) electrons. The first-order valence-corrected chi connectivity index (χ1v) is 9.08. The Labute approximate surface area is 164 Å². The van der Waals surface area contributed by atoms with Gasteiger partial charge in [0.2, 0.25) is 16.1 Å². The van der Waals surface area contributed by atoms with Crippen molar-refractivity contribution in [3.05, 3.63) is 59.4 Å². The molecule has 0 unspecified atom stereocenters. The Kier molecular flexibility index (Phi) is 6.42. The molecule has 7 nitrogen and oxygen atoms in total. The number of carboxylic acids is 1. The zero-order valence-electron chi connectivity index (χ0n) is 14.3. The molecule has 162 valence electrons. The zero-order chi connectivity index (χ0) is 22.9. The Morgan fingerprint density at radius 1 is 0.933 bits per heavy atom. The van der Waals surface area contributed by atoms with E-state index < -0.39 is 62.0 Å².